The van der Waals surface area contributed by atoms with Crippen molar-refractivity contribution < 1.29 is 59.1 Å². The molecule has 0 aliphatic rings. The first-order valence-corrected chi connectivity index (χ1v) is 13.0. The molecule has 4 N–H and O–H groups in total. The summed E-state index contributed by atoms with van der Waals surface area (Å²) in [6.45, 7) is 21.2. The summed E-state index contributed by atoms with van der Waals surface area (Å²) in [6.07, 6.45) is 13.2. The third-order valence-corrected chi connectivity index (χ3v) is 5.25. The molecule has 0 radical (unpaired) electrons. The Morgan fingerprint density at radius 3 is 1.08 bits per heavy atom. The third kappa shape index (κ3) is 35.2. The fourth-order valence-corrected chi connectivity index (χ4v) is 3.22. The first-order chi connectivity index (χ1) is 17.8. The van der Waals surface area contributed by atoms with Crippen molar-refractivity contribution in [2.45, 2.75) is 91.9 Å². The Morgan fingerprint density at radius 2 is 0.923 bits per heavy atom. The van der Waals surface area contributed by atoms with E-state index in [0.29, 0.717) is 12.8 Å². The van der Waals surface area contributed by atoms with Crippen LogP contribution in [0.25, 0.3) is 0 Å². The molecule has 0 aromatic rings. The summed E-state index contributed by atoms with van der Waals surface area (Å²) < 4.78 is 0. The molecule has 0 aromatic heterocycles. The number of allylic oxidation sites excluding steroid dienone is 2. The summed E-state index contributed by atoms with van der Waals surface area (Å²) in [6, 6.07) is 0. The van der Waals surface area contributed by atoms with E-state index >= 15 is 0 Å². The number of carbonyl (C=O) groups is 4. The molecule has 0 fully saturated rings. The SMILES string of the molecule is C=C[CH2-].C=C[CH2-].CCCCC(CC)CC(=CC(=O)O)C(=O)O.CCCCC(CC)CC(=CC(=O)O)C(=O)O.[Zn+2]. The number of hydrogen-bond acceptors (Lipinski definition) is 4. The first kappa shape index (κ1) is 46.1. The van der Waals surface area contributed by atoms with Crippen LogP contribution in [0.15, 0.2) is 48.6 Å². The van der Waals surface area contributed by atoms with Crippen molar-refractivity contribution in [3.63, 3.8) is 0 Å². The maximum absolute atomic E-state index is 10.8. The number of carboxylic acid groups (broad SMARTS) is 4. The largest absolute Gasteiger partial charge is 2.00 e. The number of hydrogen-bond donors (Lipinski definition) is 4. The van der Waals surface area contributed by atoms with Gasteiger partial charge in [-0.1, -0.05) is 79.1 Å². The van der Waals surface area contributed by atoms with Crippen molar-refractivity contribution in [2.75, 3.05) is 0 Å². The molecule has 0 spiro atoms. The van der Waals surface area contributed by atoms with Crippen LogP contribution in [0.4, 0.5) is 0 Å². The average Bonchev–Trinajstić information content (AvgIpc) is 2.83. The van der Waals surface area contributed by atoms with Gasteiger partial charge in [0.15, 0.2) is 0 Å². The molecule has 8 nitrogen and oxygen atoms in total. The molecule has 0 saturated heterocycles. The van der Waals surface area contributed by atoms with Gasteiger partial charge in [-0.05, 0) is 24.7 Å². The standard InChI is InChI=1S/2C12H20O4.2C3H5.Zn/c2*1-3-5-6-9(4-2)7-10(12(15)16)8-11(13)14;2*1-3-2;/h2*8-9H,3-7H2,1-2H3,(H,13,14)(H,15,16);2*3H,1-2H2;/q;;2*-1;+2. The van der Waals surface area contributed by atoms with Crippen LogP contribution < -0.4 is 0 Å². The van der Waals surface area contributed by atoms with Crippen LogP contribution in [0.2, 0.25) is 0 Å². The minimum absolute atomic E-state index is 0. The van der Waals surface area contributed by atoms with E-state index in [-0.39, 0.29) is 42.5 Å². The van der Waals surface area contributed by atoms with Crippen LogP contribution in [-0.4, -0.2) is 44.3 Å². The van der Waals surface area contributed by atoms with Gasteiger partial charge in [0.1, 0.15) is 0 Å². The molecule has 0 saturated carbocycles. The average molecular weight is 604 g/mol. The van der Waals surface area contributed by atoms with Gasteiger partial charge in [0.2, 0.25) is 0 Å². The summed E-state index contributed by atoms with van der Waals surface area (Å²) >= 11 is 0. The summed E-state index contributed by atoms with van der Waals surface area (Å²) in [5.41, 5.74) is -0.00842. The number of unbranched alkanes of at least 4 members (excludes halogenated alkanes) is 2. The van der Waals surface area contributed by atoms with Gasteiger partial charge >= 0.3 is 43.4 Å². The zero-order valence-corrected chi connectivity index (χ0v) is 27.5. The maximum atomic E-state index is 10.8. The molecule has 0 aromatic carbocycles. The van der Waals surface area contributed by atoms with Crippen molar-refractivity contribution >= 4 is 23.9 Å². The van der Waals surface area contributed by atoms with E-state index in [4.69, 9.17) is 20.4 Å². The van der Waals surface area contributed by atoms with Crippen molar-refractivity contribution in [2.24, 2.45) is 11.8 Å². The molecule has 39 heavy (non-hydrogen) atoms. The quantitative estimate of drug-likeness (QED) is 0.0810. The van der Waals surface area contributed by atoms with Crippen LogP contribution in [0.5, 0.6) is 0 Å². The van der Waals surface area contributed by atoms with Crippen LogP contribution in [0.3, 0.4) is 0 Å². The molecule has 9 heteroatoms. The van der Waals surface area contributed by atoms with Crippen LogP contribution in [-0.2, 0) is 38.7 Å². The molecule has 0 amide bonds. The first-order valence-electron chi connectivity index (χ1n) is 13.0. The zero-order chi connectivity index (χ0) is 30.5. The van der Waals surface area contributed by atoms with E-state index in [0.717, 1.165) is 63.5 Å². The molecule has 2 unspecified atom stereocenters. The number of rotatable bonds is 16. The van der Waals surface area contributed by atoms with Crippen molar-refractivity contribution in [3.8, 4) is 0 Å². The van der Waals surface area contributed by atoms with Gasteiger partial charge in [0.05, 0.1) is 0 Å². The monoisotopic (exact) mass is 602 g/mol. The number of aliphatic carboxylic acids is 4. The van der Waals surface area contributed by atoms with Crippen molar-refractivity contribution in [3.05, 3.63) is 62.5 Å². The predicted molar refractivity (Wildman–Crippen MR) is 154 cm³/mol. The van der Waals surface area contributed by atoms with Crippen LogP contribution in [0.1, 0.15) is 91.9 Å². The van der Waals surface area contributed by atoms with E-state index in [2.05, 4.69) is 40.9 Å². The van der Waals surface area contributed by atoms with Gasteiger partial charge in [-0.15, -0.1) is 0 Å². The summed E-state index contributed by atoms with van der Waals surface area (Å²) in [5.74, 6) is -4.11. The molecule has 0 heterocycles. The molecular formula is C30H50O8Zn. The molecule has 0 bridgehead atoms. The van der Waals surface area contributed by atoms with Crippen molar-refractivity contribution in [1.29, 1.82) is 0 Å². The van der Waals surface area contributed by atoms with Crippen molar-refractivity contribution in [1.82, 2.24) is 0 Å². The normalized spacial score (nSPS) is 11.7. The molecule has 220 valence electrons. The minimum Gasteiger partial charge on any atom is -0.478 e. The Kier molecular flexibility index (Phi) is 39.3. The third-order valence-electron chi connectivity index (χ3n) is 5.25. The van der Waals surface area contributed by atoms with Gasteiger partial charge in [-0.2, -0.15) is 0 Å². The summed E-state index contributed by atoms with van der Waals surface area (Å²) in [5, 5.41) is 34.8. The second-order valence-electron chi connectivity index (χ2n) is 8.44. The van der Waals surface area contributed by atoms with Gasteiger partial charge in [0.25, 0.3) is 0 Å². The van der Waals surface area contributed by atoms with Crippen LogP contribution in [0, 0.1) is 25.7 Å². The van der Waals surface area contributed by atoms with E-state index in [1.54, 1.807) is 0 Å². The Morgan fingerprint density at radius 1 is 0.667 bits per heavy atom. The van der Waals surface area contributed by atoms with Crippen LogP contribution >= 0.6 is 0 Å². The van der Waals surface area contributed by atoms with E-state index in [1.165, 1.54) is 12.2 Å². The van der Waals surface area contributed by atoms with Gasteiger partial charge < -0.3 is 20.4 Å². The smallest absolute Gasteiger partial charge is 0.478 e. The van der Waals surface area contributed by atoms with E-state index in [1.807, 2.05) is 13.8 Å². The summed E-state index contributed by atoms with van der Waals surface area (Å²) in [4.78, 5) is 42.6. The molecule has 2 atom stereocenters. The fourth-order valence-electron chi connectivity index (χ4n) is 3.22. The number of carboxylic acids is 4. The molecule has 0 aliphatic heterocycles. The molecular weight excluding hydrogens is 554 g/mol. The second-order valence-corrected chi connectivity index (χ2v) is 8.44. The van der Waals surface area contributed by atoms with Gasteiger partial charge in [-0.3, -0.25) is 0 Å². The molecule has 0 aliphatic carbocycles. The predicted octanol–water partition coefficient (Wildman–Crippen LogP) is 7.39. The van der Waals surface area contributed by atoms with Gasteiger partial charge in [0, 0.05) is 23.3 Å². The minimum atomic E-state index is -1.19. The van der Waals surface area contributed by atoms with E-state index < -0.39 is 23.9 Å². The Hall–Kier alpha value is -2.80. The van der Waals surface area contributed by atoms with Gasteiger partial charge in [-0.25, -0.2) is 58.3 Å². The second kappa shape index (κ2) is 33.2. The summed E-state index contributed by atoms with van der Waals surface area (Å²) in [7, 11) is 0. The molecule has 0 rings (SSSR count). The fraction of sp³-hybridized carbons (Fsp3) is 0.533. The topological polar surface area (TPSA) is 149 Å². The zero-order valence-electron chi connectivity index (χ0n) is 24.5. The Labute approximate surface area is 248 Å². The Bertz CT molecular complexity index is 679. The van der Waals surface area contributed by atoms with E-state index in [9.17, 15) is 19.2 Å². The maximum Gasteiger partial charge on any atom is 2.00 e. The Balaban J connectivity index is -0.000000160.